The van der Waals surface area contributed by atoms with E-state index in [0.717, 1.165) is 17.7 Å². The lowest BCUT2D eigenvalue weighted by molar-refractivity contribution is 0.574. The van der Waals surface area contributed by atoms with E-state index < -0.39 is 0 Å². The fourth-order valence-electron chi connectivity index (χ4n) is 1.45. The van der Waals surface area contributed by atoms with E-state index >= 15 is 0 Å². The number of hydrogen-bond acceptors (Lipinski definition) is 5. The average molecular weight is 254 g/mol. The van der Waals surface area contributed by atoms with Gasteiger partial charge in [-0.3, -0.25) is 11.3 Å². The van der Waals surface area contributed by atoms with Crippen molar-refractivity contribution in [3.05, 3.63) is 23.9 Å². The molecular formula is C12H22N4S. The molecule has 0 saturated heterocycles. The molecule has 96 valence electrons. The van der Waals surface area contributed by atoms with Gasteiger partial charge in [0.2, 0.25) is 0 Å². The van der Waals surface area contributed by atoms with Crippen LogP contribution in [0.15, 0.2) is 18.3 Å². The Morgan fingerprint density at radius 1 is 1.53 bits per heavy atom. The topological polar surface area (TPSA) is 77.0 Å². The number of aromatic nitrogens is 1. The van der Waals surface area contributed by atoms with Crippen LogP contribution >= 0.6 is 11.8 Å². The number of thioether (sulfide) groups is 1. The Kier molecular flexibility index (Phi) is 6.32. The molecule has 5 heteroatoms. The summed E-state index contributed by atoms with van der Waals surface area (Å²) < 4.78 is 0. The maximum atomic E-state index is 5.82. The predicted octanol–water partition coefficient (Wildman–Crippen LogP) is 1.57. The van der Waals surface area contributed by atoms with Crippen molar-refractivity contribution in [1.29, 1.82) is 0 Å². The lowest BCUT2D eigenvalue weighted by atomic mass is 10.1. The van der Waals surface area contributed by atoms with Crippen LogP contribution in [0.4, 0.5) is 5.82 Å². The SMILES string of the molecule is CCC(C)SCC(Cc1cccnc1N)NN. The molecule has 0 saturated carbocycles. The second-order valence-corrected chi connectivity index (χ2v) is 5.64. The van der Waals surface area contributed by atoms with E-state index in [-0.39, 0.29) is 6.04 Å². The average Bonchev–Trinajstić information content (AvgIpc) is 2.36. The Morgan fingerprint density at radius 2 is 2.29 bits per heavy atom. The third-order valence-corrected chi connectivity index (χ3v) is 4.28. The van der Waals surface area contributed by atoms with Gasteiger partial charge in [-0.2, -0.15) is 11.8 Å². The van der Waals surface area contributed by atoms with Crippen LogP contribution in [0.5, 0.6) is 0 Å². The number of rotatable bonds is 7. The van der Waals surface area contributed by atoms with Crippen molar-refractivity contribution in [2.24, 2.45) is 5.84 Å². The standard InChI is InChI=1S/C12H22N4S/c1-3-9(2)17-8-11(16-14)7-10-5-4-6-15-12(10)13/h4-6,9,11,16H,3,7-8,14H2,1-2H3,(H2,13,15). The van der Waals surface area contributed by atoms with Gasteiger partial charge in [-0.15, -0.1) is 0 Å². The smallest absolute Gasteiger partial charge is 0.126 e. The van der Waals surface area contributed by atoms with E-state index in [1.54, 1.807) is 6.20 Å². The van der Waals surface area contributed by atoms with Gasteiger partial charge in [-0.1, -0.05) is 19.9 Å². The van der Waals surface area contributed by atoms with Crippen molar-refractivity contribution in [2.45, 2.75) is 38.0 Å². The fourth-order valence-corrected chi connectivity index (χ4v) is 2.46. The molecule has 0 aromatic carbocycles. The maximum Gasteiger partial charge on any atom is 0.126 e. The Balaban J connectivity index is 2.49. The van der Waals surface area contributed by atoms with Gasteiger partial charge in [0.05, 0.1) is 0 Å². The normalized spacial score (nSPS) is 14.5. The highest BCUT2D eigenvalue weighted by atomic mass is 32.2. The largest absolute Gasteiger partial charge is 0.383 e. The molecule has 0 aliphatic rings. The summed E-state index contributed by atoms with van der Waals surface area (Å²) in [6.07, 6.45) is 3.70. The molecule has 0 fully saturated rings. The minimum atomic E-state index is 0.237. The molecule has 0 aliphatic carbocycles. The lowest BCUT2D eigenvalue weighted by Crippen LogP contribution is -2.39. The zero-order valence-corrected chi connectivity index (χ0v) is 11.3. The highest BCUT2D eigenvalue weighted by molar-refractivity contribution is 7.99. The second kappa shape index (κ2) is 7.53. The Morgan fingerprint density at radius 3 is 2.88 bits per heavy atom. The van der Waals surface area contributed by atoms with Gasteiger partial charge >= 0.3 is 0 Å². The van der Waals surface area contributed by atoms with Crippen LogP contribution in [0.3, 0.4) is 0 Å². The number of pyridine rings is 1. The number of hydrogen-bond donors (Lipinski definition) is 3. The van der Waals surface area contributed by atoms with Gasteiger partial charge in [-0.25, -0.2) is 4.98 Å². The van der Waals surface area contributed by atoms with Crippen molar-refractivity contribution in [3.8, 4) is 0 Å². The minimum absolute atomic E-state index is 0.237. The number of nitrogen functional groups attached to an aromatic ring is 1. The van der Waals surface area contributed by atoms with E-state index in [2.05, 4.69) is 24.3 Å². The number of anilines is 1. The van der Waals surface area contributed by atoms with Crippen LogP contribution in [0.2, 0.25) is 0 Å². The first kappa shape index (κ1) is 14.3. The number of nitrogens with zero attached hydrogens (tertiary/aromatic N) is 1. The molecule has 17 heavy (non-hydrogen) atoms. The Bertz CT molecular complexity index is 332. The number of nitrogens with one attached hydrogen (secondary N) is 1. The lowest BCUT2D eigenvalue weighted by Gasteiger charge is -2.18. The summed E-state index contributed by atoms with van der Waals surface area (Å²) in [5.41, 5.74) is 9.73. The number of hydrazine groups is 1. The molecule has 1 heterocycles. The second-order valence-electron chi connectivity index (χ2n) is 4.17. The summed E-state index contributed by atoms with van der Waals surface area (Å²) in [4.78, 5) is 4.08. The summed E-state index contributed by atoms with van der Waals surface area (Å²) in [5, 5.41) is 0.664. The minimum Gasteiger partial charge on any atom is -0.383 e. The summed E-state index contributed by atoms with van der Waals surface area (Å²) in [6.45, 7) is 4.43. The highest BCUT2D eigenvalue weighted by Gasteiger charge is 2.11. The van der Waals surface area contributed by atoms with Crippen molar-refractivity contribution in [1.82, 2.24) is 10.4 Å². The van der Waals surface area contributed by atoms with E-state index in [9.17, 15) is 0 Å². The molecule has 0 radical (unpaired) electrons. The summed E-state index contributed by atoms with van der Waals surface area (Å²) in [7, 11) is 0. The molecule has 4 nitrogen and oxygen atoms in total. The van der Waals surface area contributed by atoms with Gasteiger partial charge in [0.15, 0.2) is 0 Å². The van der Waals surface area contributed by atoms with Crippen LogP contribution in [0.1, 0.15) is 25.8 Å². The van der Waals surface area contributed by atoms with Gasteiger partial charge in [-0.05, 0) is 24.5 Å². The number of nitrogens with two attached hydrogens (primary N) is 2. The Hall–Kier alpha value is -0.780. The van der Waals surface area contributed by atoms with Gasteiger partial charge < -0.3 is 5.73 Å². The monoisotopic (exact) mass is 254 g/mol. The highest BCUT2D eigenvalue weighted by Crippen LogP contribution is 2.17. The van der Waals surface area contributed by atoms with Crippen LogP contribution in [-0.4, -0.2) is 22.0 Å². The van der Waals surface area contributed by atoms with Crippen molar-refractivity contribution < 1.29 is 0 Å². The van der Waals surface area contributed by atoms with Crippen molar-refractivity contribution >= 4 is 17.6 Å². The first-order valence-corrected chi connectivity index (χ1v) is 6.99. The van der Waals surface area contributed by atoms with Gasteiger partial charge in [0, 0.05) is 23.2 Å². The predicted molar refractivity (Wildman–Crippen MR) is 75.7 cm³/mol. The third kappa shape index (κ3) is 4.93. The summed E-state index contributed by atoms with van der Waals surface area (Å²) in [5.74, 6) is 7.16. The van der Waals surface area contributed by atoms with Crippen LogP contribution in [0.25, 0.3) is 0 Å². The van der Waals surface area contributed by atoms with Crippen LogP contribution in [-0.2, 0) is 6.42 Å². The summed E-state index contributed by atoms with van der Waals surface area (Å²) in [6, 6.07) is 4.14. The molecule has 0 aliphatic heterocycles. The first-order valence-electron chi connectivity index (χ1n) is 5.94. The maximum absolute atomic E-state index is 5.82. The third-order valence-electron chi connectivity index (χ3n) is 2.78. The molecule has 1 rings (SSSR count). The molecule has 1 aromatic rings. The molecule has 0 amide bonds. The molecule has 0 spiro atoms. The molecule has 1 aromatic heterocycles. The van der Waals surface area contributed by atoms with E-state index in [1.807, 2.05) is 23.9 Å². The van der Waals surface area contributed by atoms with Crippen molar-refractivity contribution in [3.63, 3.8) is 0 Å². The first-order chi connectivity index (χ1) is 8.17. The van der Waals surface area contributed by atoms with Gasteiger partial charge in [0.25, 0.3) is 0 Å². The van der Waals surface area contributed by atoms with E-state index in [4.69, 9.17) is 11.6 Å². The zero-order chi connectivity index (χ0) is 12.7. The fraction of sp³-hybridized carbons (Fsp3) is 0.583. The van der Waals surface area contributed by atoms with Gasteiger partial charge in [0.1, 0.15) is 5.82 Å². The Labute approximate surface area is 108 Å². The van der Waals surface area contributed by atoms with E-state index in [1.165, 1.54) is 6.42 Å². The molecule has 2 atom stereocenters. The van der Waals surface area contributed by atoms with Crippen LogP contribution < -0.4 is 17.0 Å². The zero-order valence-electron chi connectivity index (χ0n) is 10.5. The quantitative estimate of drug-likeness (QED) is 0.508. The molecule has 2 unspecified atom stereocenters. The van der Waals surface area contributed by atoms with Crippen molar-refractivity contribution in [2.75, 3.05) is 11.5 Å². The van der Waals surface area contributed by atoms with Crippen LogP contribution in [0, 0.1) is 0 Å². The van der Waals surface area contributed by atoms with E-state index in [0.29, 0.717) is 11.1 Å². The molecule has 0 bridgehead atoms. The summed E-state index contributed by atoms with van der Waals surface area (Å²) >= 11 is 1.93. The molecule has 5 N–H and O–H groups in total. The molecular weight excluding hydrogens is 232 g/mol.